The fourth-order valence-corrected chi connectivity index (χ4v) is 0.928. The van der Waals surface area contributed by atoms with Gasteiger partial charge in [0.15, 0.2) is 0 Å². The van der Waals surface area contributed by atoms with Crippen molar-refractivity contribution in [2.45, 2.75) is 12.8 Å². The molecule has 0 saturated heterocycles. The summed E-state index contributed by atoms with van der Waals surface area (Å²) in [7, 11) is -4.67. The predicted octanol–water partition coefficient (Wildman–Crippen LogP) is 1.12. The second kappa shape index (κ2) is 9.25. The van der Waals surface area contributed by atoms with Gasteiger partial charge in [0, 0.05) is 6.61 Å². The van der Waals surface area contributed by atoms with Crippen LogP contribution in [0.3, 0.4) is 0 Å². The van der Waals surface area contributed by atoms with Crippen LogP contribution in [0.1, 0.15) is 12.0 Å². The van der Waals surface area contributed by atoms with Gasteiger partial charge in [0.2, 0.25) is 0 Å². The largest absolute Gasteiger partial charge is 0.396 e. The summed E-state index contributed by atoms with van der Waals surface area (Å²) in [6.07, 6.45) is 1.85. The molecule has 1 rings (SSSR count). The van der Waals surface area contributed by atoms with Crippen LogP contribution in [-0.2, 0) is 16.8 Å². The number of aryl methyl sites for hydroxylation is 1. The van der Waals surface area contributed by atoms with Crippen molar-refractivity contribution in [2.75, 3.05) is 6.61 Å². The van der Waals surface area contributed by atoms with Gasteiger partial charge in [0.25, 0.3) is 0 Å². The van der Waals surface area contributed by atoms with E-state index in [1.54, 1.807) is 0 Å². The van der Waals surface area contributed by atoms with Crippen molar-refractivity contribution < 1.29 is 22.6 Å². The van der Waals surface area contributed by atoms with Crippen molar-refractivity contribution >= 4 is 10.4 Å². The quantitative estimate of drug-likeness (QED) is 0.595. The Hall–Kier alpha value is -0.990. The Bertz CT molecular complexity index is 343. The summed E-state index contributed by atoms with van der Waals surface area (Å²) in [4.78, 5) is 0. The van der Waals surface area contributed by atoms with Gasteiger partial charge < -0.3 is 11.3 Å². The van der Waals surface area contributed by atoms with Crippen LogP contribution >= 0.6 is 0 Å². The van der Waals surface area contributed by atoms with Gasteiger partial charge >= 0.3 is 10.4 Å². The van der Waals surface area contributed by atoms with Gasteiger partial charge in [-0.15, -0.1) is 0 Å². The molecule has 0 unspecified atom stereocenters. The van der Waals surface area contributed by atoms with Crippen molar-refractivity contribution in [2.24, 2.45) is 0 Å². The number of aliphatic hydroxyl groups is 1. The zero-order chi connectivity index (χ0) is 11.7. The minimum atomic E-state index is -4.67. The standard InChI is InChI=1S/C9H12O.H3N.H2O4S/c10-8-4-7-9-5-2-1-3-6-9;;1-5(2,3)4/h1-3,5-6,10H,4,7-8H2;1H3;(H2,1,2,3,4). The van der Waals surface area contributed by atoms with Crippen molar-refractivity contribution in [1.82, 2.24) is 6.15 Å². The molecule has 7 heteroatoms. The highest BCUT2D eigenvalue weighted by Gasteiger charge is 1.88. The normalized spacial score (nSPS) is 9.69. The van der Waals surface area contributed by atoms with E-state index in [9.17, 15) is 0 Å². The molecule has 1 aromatic rings. The van der Waals surface area contributed by atoms with E-state index in [-0.39, 0.29) is 12.8 Å². The van der Waals surface area contributed by atoms with Gasteiger partial charge in [-0.3, -0.25) is 9.11 Å². The molecule has 0 spiro atoms. The molecule has 6 nitrogen and oxygen atoms in total. The number of aliphatic hydroxyl groups excluding tert-OH is 1. The van der Waals surface area contributed by atoms with Crippen LogP contribution in [0.15, 0.2) is 30.3 Å². The van der Waals surface area contributed by atoms with Gasteiger partial charge in [-0.05, 0) is 18.4 Å². The minimum Gasteiger partial charge on any atom is -0.396 e. The van der Waals surface area contributed by atoms with Gasteiger partial charge in [-0.1, -0.05) is 30.3 Å². The molecule has 94 valence electrons. The third-order valence-corrected chi connectivity index (χ3v) is 1.47. The highest BCUT2D eigenvalue weighted by atomic mass is 32.3. The number of benzene rings is 1. The number of hydrogen-bond acceptors (Lipinski definition) is 4. The topological polar surface area (TPSA) is 130 Å². The first-order valence-corrected chi connectivity index (χ1v) is 5.68. The first-order chi connectivity index (χ1) is 6.93. The lowest BCUT2D eigenvalue weighted by atomic mass is 10.1. The fraction of sp³-hybridized carbons (Fsp3) is 0.333. The molecule has 1 aromatic carbocycles. The predicted molar refractivity (Wildman–Crippen MR) is 61.0 cm³/mol. The molecule has 16 heavy (non-hydrogen) atoms. The first kappa shape index (κ1) is 17.4. The Morgan fingerprint density at radius 1 is 1.06 bits per heavy atom. The van der Waals surface area contributed by atoms with Crippen LogP contribution in [0.4, 0.5) is 0 Å². The average Bonchev–Trinajstić information content (AvgIpc) is 2.14. The molecule has 0 aromatic heterocycles. The molecule has 0 aliphatic rings. The number of hydrogen-bond donors (Lipinski definition) is 4. The first-order valence-electron chi connectivity index (χ1n) is 4.28. The van der Waals surface area contributed by atoms with Gasteiger partial charge in [-0.2, -0.15) is 8.42 Å². The minimum absolute atomic E-state index is 0. The molecule has 0 bridgehead atoms. The van der Waals surface area contributed by atoms with Gasteiger partial charge in [0.05, 0.1) is 0 Å². The lowest BCUT2D eigenvalue weighted by molar-refractivity contribution is 0.288. The summed E-state index contributed by atoms with van der Waals surface area (Å²) in [5.41, 5.74) is 1.30. The van der Waals surface area contributed by atoms with Crippen LogP contribution < -0.4 is 6.15 Å². The third-order valence-electron chi connectivity index (χ3n) is 1.47. The van der Waals surface area contributed by atoms with Crippen molar-refractivity contribution in [3.05, 3.63) is 35.9 Å². The Labute approximate surface area is 95.1 Å². The zero-order valence-electron chi connectivity index (χ0n) is 8.78. The summed E-state index contributed by atoms with van der Waals surface area (Å²) in [6, 6.07) is 10.2. The molecule has 0 heterocycles. The average molecular weight is 251 g/mol. The zero-order valence-corrected chi connectivity index (χ0v) is 9.60. The second-order valence-corrected chi connectivity index (χ2v) is 3.66. The van der Waals surface area contributed by atoms with E-state index in [0.29, 0.717) is 0 Å². The molecular formula is C9H17NO5S. The van der Waals surface area contributed by atoms with Crippen molar-refractivity contribution in [1.29, 1.82) is 0 Å². The summed E-state index contributed by atoms with van der Waals surface area (Å²) in [5.74, 6) is 0. The Morgan fingerprint density at radius 3 is 1.88 bits per heavy atom. The van der Waals surface area contributed by atoms with Gasteiger partial charge in [0.1, 0.15) is 0 Å². The lowest BCUT2D eigenvalue weighted by Gasteiger charge is -1.96. The maximum Gasteiger partial charge on any atom is 0.394 e. The molecule has 0 saturated carbocycles. The van der Waals surface area contributed by atoms with Gasteiger partial charge in [-0.25, -0.2) is 0 Å². The van der Waals surface area contributed by atoms with E-state index >= 15 is 0 Å². The van der Waals surface area contributed by atoms with E-state index in [1.807, 2.05) is 18.2 Å². The molecule has 0 atom stereocenters. The van der Waals surface area contributed by atoms with Crippen molar-refractivity contribution in [3.63, 3.8) is 0 Å². The smallest absolute Gasteiger partial charge is 0.394 e. The SMILES string of the molecule is N.O=S(=O)(O)O.OCCCc1ccccc1. The highest BCUT2D eigenvalue weighted by Crippen LogP contribution is 2.00. The maximum absolute atomic E-state index is 8.74. The highest BCUT2D eigenvalue weighted by molar-refractivity contribution is 7.79. The van der Waals surface area contributed by atoms with E-state index in [2.05, 4.69) is 12.1 Å². The lowest BCUT2D eigenvalue weighted by Crippen LogP contribution is -1.89. The maximum atomic E-state index is 8.74. The summed E-state index contributed by atoms with van der Waals surface area (Å²) >= 11 is 0. The molecule has 0 aliphatic heterocycles. The van der Waals surface area contributed by atoms with Crippen LogP contribution in [0.2, 0.25) is 0 Å². The van der Waals surface area contributed by atoms with Crippen LogP contribution in [0, 0.1) is 0 Å². The molecule has 0 radical (unpaired) electrons. The second-order valence-electron chi connectivity index (χ2n) is 2.76. The molecule has 0 fully saturated rings. The Morgan fingerprint density at radius 2 is 1.50 bits per heavy atom. The van der Waals surface area contributed by atoms with E-state index in [4.69, 9.17) is 22.6 Å². The summed E-state index contributed by atoms with van der Waals surface area (Å²) in [5, 5.41) is 8.53. The van der Waals surface area contributed by atoms with Crippen LogP contribution in [-0.4, -0.2) is 29.2 Å². The summed E-state index contributed by atoms with van der Waals surface area (Å²) in [6.45, 7) is 0.287. The molecular weight excluding hydrogens is 234 g/mol. The van der Waals surface area contributed by atoms with E-state index in [1.165, 1.54) is 5.56 Å². The summed E-state index contributed by atoms with van der Waals surface area (Å²) < 4.78 is 31.6. The van der Waals surface area contributed by atoms with Crippen LogP contribution in [0.25, 0.3) is 0 Å². The fourth-order valence-electron chi connectivity index (χ4n) is 0.928. The van der Waals surface area contributed by atoms with Crippen LogP contribution in [0.5, 0.6) is 0 Å². The van der Waals surface area contributed by atoms with Crippen molar-refractivity contribution in [3.8, 4) is 0 Å². The molecule has 0 aliphatic carbocycles. The van der Waals surface area contributed by atoms with E-state index in [0.717, 1.165) is 12.8 Å². The Balaban J connectivity index is 0. The van der Waals surface area contributed by atoms with E-state index < -0.39 is 10.4 Å². The number of rotatable bonds is 3. The molecule has 6 N–H and O–H groups in total. The third kappa shape index (κ3) is 15.5. The molecule has 0 amide bonds. The Kier molecular flexibility index (Phi) is 10.1. The monoisotopic (exact) mass is 251 g/mol.